The van der Waals surface area contributed by atoms with E-state index in [1.54, 1.807) is 36.4 Å². The van der Waals surface area contributed by atoms with Crippen LogP contribution in [0.2, 0.25) is 0 Å². The molecule has 0 atom stereocenters. The van der Waals surface area contributed by atoms with Crippen molar-refractivity contribution in [2.75, 3.05) is 0 Å². The molecule has 0 aromatic heterocycles. The maximum Gasteiger partial charge on any atom is 0.357 e. The van der Waals surface area contributed by atoms with E-state index in [1.165, 1.54) is 6.07 Å². The molecule has 1 amide bonds. The van der Waals surface area contributed by atoms with Crippen molar-refractivity contribution >= 4 is 18.8 Å². The standard InChI is InChI=1S/C19H16NO4P/c20-19(21)16-12-11-15(13-7-3-1-4-8-13)17(18(16)25(22,23)24)14-9-5-2-6-10-14/h1-12H,(H2,20,21)(H2,22,23,24). The van der Waals surface area contributed by atoms with Crippen molar-refractivity contribution in [1.29, 1.82) is 0 Å². The Morgan fingerprint density at radius 2 is 1.32 bits per heavy atom. The van der Waals surface area contributed by atoms with E-state index in [4.69, 9.17) is 5.73 Å². The number of hydrogen-bond donors (Lipinski definition) is 3. The van der Waals surface area contributed by atoms with Crippen molar-refractivity contribution < 1.29 is 19.1 Å². The first kappa shape index (κ1) is 17.1. The number of benzene rings is 3. The van der Waals surface area contributed by atoms with Gasteiger partial charge in [-0.3, -0.25) is 9.36 Å². The summed E-state index contributed by atoms with van der Waals surface area (Å²) in [4.78, 5) is 31.6. The number of nitrogens with two attached hydrogens (primary N) is 1. The minimum atomic E-state index is -4.76. The van der Waals surface area contributed by atoms with Crippen LogP contribution < -0.4 is 11.0 Å². The van der Waals surface area contributed by atoms with Crippen LogP contribution in [0.25, 0.3) is 22.3 Å². The zero-order valence-corrected chi connectivity index (χ0v) is 14.1. The Balaban J connectivity index is 2.46. The Bertz CT molecular complexity index is 965. The molecule has 25 heavy (non-hydrogen) atoms. The van der Waals surface area contributed by atoms with Gasteiger partial charge in [0.15, 0.2) is 0 Å². The average molecular weight is 353 g/mol. The third-order valence-electron chi connectivity index (χ3n) is 3.88. The quantitative estimate of drug-likeness (QED) is 0.628. The van der Waals surface area contributed by atoms with E-state index in [-0.39, 0.29) is 10.9 Å². The van der Waals surface area contributed by atoms with Gasteiger partial charge in [-0.2, -0.15) is 0 Å². The smallest absolute Gasteiger partial charge is 0.357 e. The zero-order chi connectivity index (χ0) is 18.0. The highest BCUT2D eigenvalue weighted by Crippen LogP contribution is 2.43. The lowest BCUT2D eigenvalue weighted by molar-refractivity contribution is 0.100. The van der Waals surface area contributed by atoms with Gasteiger partial charge in [-0.25, -0.2) is 0 Å². The first-order chi connectivity index (χ1) is 11.9. The third kappa shape index (κ3) is 3.39. The van der Waals surface area contributed by atoms with Crippen molar-refractivity contribution in [1.82, 2.24) is 0 Å². The van der Waals surface area contributed by atoms with Gasteiger partial charge in [-0.1, -0.05) is 66.7 Å². The Morgan fingerprint density at radius 1 is 0.800 bits per heavy atom. The number of hydrogen-bond acceptors (Lipinski definition) is 2. The third-order valence-corrected chi connectivity index (χ3v) is 4.93. The SMILES string of the molecule is NC(=O)c1ccc(-c2ccccc2)c(-c2ccccc2)c1P(=O)(O)O. The Kier molecular flexibility index (Phi) is 4.55. The number of carbonyl (C=O) groups excluding carboxylic acids is 1. The topological polar surface area (TPSA) is 101 Å². The zero-order valence-electron chi connectivity index (χ0n) is 13.2. The highest BCUT2D eigenvalue weighted by molar-refractivity contribution is 7.60. The largest absolute Gasteiger partial charge is 0.366 e. The van der Waals surface area contributed by atoms with Crippen LogP contribution in [-0.2, 0) is 4.57 Å². The van der Waals surface area contributed by atoms with Gasteiger partial charge in [0, 0.05) is 5.56 Å². The van der Waals surface area contributed by atoms with E-state index in [2.05, 4.69) is 0 Å². The summed E-state index contributed by atoms with van der Waals surface area (Å²) in [6, 6.07) is 21.1. The van der Waals surface area contributed by atoms with Crippen molar-refractivity contribution in [2.24, 2.45) is 5.73 Å². The second kappa shape index (κ2) is 6.65. The van der Waals surface area contributed by atoms with Crippen LogP contribution in [-0.4, -0.2) is 15.7 Å². The predicted octanol–water partition coefficient (Wildman–Crippen LogP) is 2.92. The van der Waals surface area contributed by atoms with Crippen molar-refractivity contribution in [3.8, 4) is 22.3 Å². The van der Waals surface area contributed by atoms with Gasteiger partial charge >= 0.3 is 7.60 Å². The molecule has 3 rings (SSSR count). The van der Waals surface area contributed by atoms with Crippen LogP contribution in [0.5, 0.6) is 0 Å². The van der Waals surface area contributed by atoms with Crippen LogP contribution in [0.3, 0.4) is 0 Å². The van der Waals surface area contributed by atoms with Crippen molar-refractivity contribution in [3.63, 3.8) is 0 Å². The molecule has 0 unspecified atom stereocenters. The fraction of sp³-hybridized carbons (Fsp3) is 0. The maximum atomic E-state index is 12.2. The van der Waals surface area contributed by atoms with Gasteiger partial charge in [-0.05, 0) is 22.8 Å². The summed E-state index contributed by atoms with van der Waals surface area (Å²) in [6.45, 7) is 0. The molecular formula is C19H16NO4P. The molecule has 3 aromatic rings. The summed E-state index contributed by atoms with van der Waals surface area (Å²) in [6.07, 6.45) is 0. The molecule has 0 fully saturated rings. The van der Waals surface area contributed by atoms with Gasteiger partial charge in [0.1, 0.15) is 0 Å². The maximum absolute atomic E-state index is 12.2. The number of carbonyl (C=O) groups is 1. The van der Waals surface area contributed by atoms with Crippen LogP contribution in [0, 0.1) is 0 Å². The van der Waals surface area contributed by atoms with Crippen LogP contribution in [0.15, 0.2) is 72.8 Å². The molecule has 3 aromatic carbocycles. The predicted molar refractivity (Wildman–Crippen MR) is 97.5 cm³/mol. The van der Waals surface area contributed by atoms with E-state index in [9.17, 15) is 19.1 Å². The second-order valence-electron chi connectivity index (χ2n) is 5.52. The lowest BCUT2D eigenvalue weighted by Crippen LogP contribution is -2.24. The monoisotopic (exact) mass is 353 g/mol. The van der Waals surface area contributed by atoms with E-state index < -0.39 is 13.5 Å². The molecule has 0 aliphatic rings. The summed E-state index contributed by atoms with van der Waals surface area (Å²) < 4.78 is 12.2. The van der Waals surface area contributed by atoms with E-state index in [0.29, 0.717) is 16.7 Å². The van der Waals surface area contributed by atoms with Crippen molar-refractivity contribution in [3.05, 3.63) is 78.4 Å². The van der Waals surface area contributed by atoms with Crippen LogP contribution in [0.1, 0.15) is 10.4 Å². The Hall–Kier alpha value is -2.72. The summed E-state index contributed by atoms with van der Waals surface area (Å²) in [7, 11) is -4.76. The number of rotatable bonds is 4. The van der Waals surface area contributed by atoms with Gasteiger partial charge in [-0.15, -0.1) is 0 Å². The van der Waals surface area contributed by atoms with Crippen LogP contribution in [0.4, 0.5) is 0 Å². The highest BCUT2D eigenvalue weighted by atomic mass is 31.2. The van der Waals surface area contributed by atoms with E-state index in [0.717, 1.165) is 5.56 Å². The Labute approximate surface area is 144 Å². The summed E-state index contributed by atoms with van der Waals surface area (Å²) in [5, 5.41) is -0.340. The van der Waals surface area contributed by atoms with Crippen molar-refractivity contribution in [2.45, 2.75) is 0 Å². The second-order valence-corrected chi connectivity index (χ2v) is 7.06. The molecular weight excluding hydrogens is 337 g/mol. The summed E-state index contributed by atoms with van der Waals surface area (Å²) in [5.41, 5.74) is 7.51. The minimum Gasteiger partial charge on any atom is -0.366 e. The molecule has 126 valence electrons. The number of primary amides is 1. The molecule has 0 spiro atoms. The average Bonchev–Trinajstić information content (AvgIpc) is 2.61. The normalized spacial score (nSPS) is 11.3. The fourth-order valence-corrected chi connectivity index (χ4v) is 3.89. The van der Waals surface area contributed by atoms with Gasteiger partial charge in [0.25, 0.3) is 0 Å². The molecule has 0 aliphatic heterocycles. The lowest BCUT2D eigenvalue weighted by atomic mass is 9.92. The molecule has 0 saturated heterocycles. The molecule has 0 aliphatic carbocycles. The van der Waals surface area contributed by atoms with Crippen LogP contribution >= 0.6 is 7.60 Å². The summed E-state index contributed by atoms with van der Waals surface area (Å²) >= 11 is 0. The number of amides is 1. The lowest BCUT2D eigenvalue weighted by Gasteiger charge is -2.19. The fourth-order valence-electron chi connectivity index (χ4n) is 2.85. The first-order valence-corrected chi connectivity index (χ1v) is 9.14. The summed E-state index contributed by atoms with van der Waals surface area (Å²) in [5.74, 6) is -0.880. The molecule has 0 saturated carbocycles. The molecule has 0 bridgehead atoms. The van der Waals surface area contributed by atoms with E-state index >= 15 is 0 Å². The molecule has 0 heterocycles. The van der Waals surface area contributed by atoms with Gasteiger partial charge < -0.3 is 15.5 Å². The minimum absolute atomic E-state index is 0.174. The molecule has 5 nitrogen and oxygen atoms in total. The highest BCUT2D eigenvalue weighted by Gasteiger charge is 2.30. The first-order valence-electron chi connectivity index (χ1n) is 7.53. The molecule has 0 radical (unpaired) electrons. The Morgan fingerprint density at radius 3 is 1.80 bits per heavy atom. The van der Waals surface area contributed by atoms with E-state index in [1.807, 2.05) is 30.3 Å². The van der Waals surface area contributed by atoms with Gasteiger partial charge in [0.2, 0.25) is 5.91 Å². The molecule has 4 N–H and O–H groups in total. The van der Waals surface area contributed by atoms with Gasteiger partial charge in [0.05, 0.1) is 10.9 Å². The molecule has 6 heteroatoms.